The molecule has 0 fully saturated rings. The number of aliphatic hydroxyl groups excluding tert-OH is 1. The minimum atomic E-state index is -0.541. The van der Waals surface area contributed by atoms with Gasteiger partial charge in [0.05, 0.1) is 15.5 Å². The first-order chi connectivity index (χ1) is 8.90. The van der Waals surface area contributed by atoms with Gasteiger partial charge in [-0.2, -0.15) is 0 Å². The number of benzene rings is 1. The van der Waals surface area contributed by atoms with Gasteiger partial charge in [-0.1, -0.05) is 0 Å². The van der Waals surface area contributed by atoms with E-state index in [0.29, 0.717) is 23.1 Å². The Morgan fingerprint density at radius 2 is 2.26 bits per heavy atom. The van der Waals surface area contributed by atoms with E-state index in [1.54, 1.807) is 13.0 Å². The molecule has 1 rings (SSSR count). The summed E-state index contributed by atoms with van der Waals surface area (Å²) in [5.74, 6) is 0. The van der Waals surface area contributed by atoms with E-state index < -0.39 is 17.1 Å². The number of nitro benzene ring substituents is 1. The number of aliphatic hydroxyl groups is 1. The molecule has 0 spiro atoms. The van der Waals surface area contributed by atoms with E-state index in [4.69, 9.17) is 5.11 Å². The summed E-state index contributed by atoms with van der Waals surface area (Å²) in [6.45, 7) is 1.94. The van der Waals surface area contributed by atoms with Crippen LogP contribution < -0.4 is 10.6 Å². The van der Waals surface area contributed by atoms with E-state index in [9.17, 15) is 14.9 Å². The van der Waals surface area contributed by atoms with Crippen LogP contribution in [0.25, 0.3) is 0 Å². The molecule has 1 aromatic carbocycles. The lowest BCUT2D eigenvalue weighted by Gasteiger charge is -2.08. The molecule has 0 radical (unpaired) electrons. The number of carbonyl (C=O) groups is 1. The van der Waals surface area contributed by atoms with E-state index in [1.807, 2.05) is 0 Å². The maximum absolute atomic E-state index is 11.5. The second kappa shape index (κ2) is 7.05. The fourth-order valence-electron chi connectivity index (χ4n) is 1.30. The molecule has 0 saturated heterocycles. The average molecular weight is 332 g/mol. The van der Waals surface area contributed by atoms with Crippen LogP contribution in [-0.2, 0) is 0 Å². The number of rotatable bonds is 5. The zero-order valence-corrected chi connectivity index (χ0v) is 11.8. The van der Waals surface area contributed by atoms with Crippen molar-refractivity contribution in [1.82, 2.24) is 5.32 Å². The minimum absolute atomic E-state index is 0.123. The molecule has 3 N–H and O–H groups in total. The van der Waals surface area contributed by atoms with Crippen molar-refractivity contribution in [3.8, 4) is 0 Å². The van der Waals surface area contributed by atoms with Gasteiger partial charge < -0.3 is 15.7 Å². The lowest BCUT2D eigenvalue weighted by atomic mass is 10.3. The number of nitrogens with zero attached hydrogens (tertiary/aromatic N) is 1. The van der Waals surface area contributed by atoms with E-state index in [2.05, 4.69) is 26.6 Å². The molecule has 0 heterocycles. The van der Waals surface area contributed by atoms with Crippen LogP contribution in [-0.4, -0.2) is 28.7 Å². The minimum Gasteiger partial charge on any atom is -0.393 e. The molecule has 104 valence electrons. The Hall–Kier alpha value is -1.67. The predicted molar refractivity (Wildman–Crippen MR) is 74.1 cm³/mol. The summed E-state index contributed by atoms with van der Waals surface area (Å²) in [6, 6.07) is 3.82. The van der Waals surface area contributed by atoms with Crippen LogP contribution in [0.4, 0.5) is 16.2 Å². The van der Waals surface area contributed by atoms with Crippen LogP contribution in [0.15, 0.2) is 22.7 Å². The van der Waals surface area contributed by atoms with Crippen molar-refractivity contribution in [2.75, 3.05) is 11.9 Å². The Morgan fingerprint density at radius 3 is 2.84 bits per heavy atom. The van der Waals surface area contributed by atoms with Crippen LogP contribution >= 0.6 is 15.9 Å². The third kappa shape index (κ3) is 5.23. The van der Waals surface area contributed by atoms with Gasteiger partial charge in [0, 0.05) is 18.3 Å². The Morgan fingerprint density at radius 1 is 1.58 bits per heavy atom. The van der Waals surface area contributed by atoms with Crippen molar-refractivity contribution in [1.29, 1.82) is 0 Å². The number of hydrogen-bond acceptors (Lipinski definition) is 4. The molecule has 0 aromatic heterocycles. The van der Waals surface area contributed by atoms with E-state index in [0.717, 1.165) is 0 Å². The lowest BCUT2D eigenvalue weighted by Crippen LogP contribution is -2.30. The fraction of sp³-hybridized carbons (Fsp3) is 0.364. The van der Waals surface area contributed by atoms with E-state index >= 15 is 0 Å². The van der Waals surface area contributed by atoms with Gasteiger partial charge >= 0.3 is 6.03 Å². The highest BCUT2D eigenvalue weighted by Gasteiger charge is 2.13. The molecule has 7 nitrogen and oxygen atoms in total. The number of urea groups is 1. The zero-order valence-electron chi connectivity index (χ0n) is 10.2. The van der Waals surface area contributed by atoms with Crippen LogP contribution in [0, 0.1) is 10.1 Å². The Balaban J connectivity index is 2.60. The zero-order chi connectivity index (χ0) is 14.4. The topological polar surface area (TPSA) is 104 Å². The highest BCUT2D eigenvalue weighted by atomic mass is 79.9. The van der Waals surface area contributed by atoms with Crippen LogP contribution in [0.3, 0.4) is 0 Å². The number of hydrogen-bond donors (Lipinski definition) is 3. The SMILES string of the molecule is CC(O)CCNC(=O)Nc1ccc(Br)c([N+](=O)[O-])c1. The lowest BCUT2D eigenvalue weighted by molar-refractivity contribution is -0.385. The first-order valence-electron chi connectivity index (χ1n) is 5.57. The molecule has 1 unspecified atom stereocenters. The summed E-state index contributed by atoms with van der Waals surface area (Å²) in [6.07, 6.45) is -0.0532. The highest BCUT2D eigenvalue weighted by molar-refractivity contribution is 9.10. The van der Waals surface area contributed by atoms with Gasteiger partial charge in [0.1, 0.15) is 0 Å². The van der Waals surface area contributed by atoms with Gasteiger partial charge in [-0.05, 0) is 41.4 Å². The Bertz CT molecular complexity index is 479. The van der Waals surface area contributed by atoms with Gasteiger partial charge in [0.15, 0.2) is 0 Å². The van der Waals surface area contributed by atoms with E-state index in [1.165, 1.54) is 12.1 Å². The summed E-state index contributed by atoms with van der Waals surface area (Å²) in [4.78, 5) is 21.7. The second-order valence-electron chi connectivity index (χ2n) is 3.94. The Kier molecular flexibility index (Phi) is 5.71. The van der Waals surface area contributed by atoms with Gasteiger partial charge in [-0.15, -0.1) is 0 Å². The number of amides is 2. The van der Waals surface area contributed by atoms with Gasteiger partial charge in [-0.3, -0.25) is 10.1 Å². The van der Waals surface area contributed by atoms with Crippen molar-refractivity contribution in [2.45, 2.75) is 19.4 Å². The first kappa shape index (κ1) is 15.4. The molecule has 0 aliphatic carbocycles. The van der Waals surface area contributed by atoms with Crippen LogP contribution in [0.2, 0.25) is 0 Å². The largest absolute Gasteiger partial charge is 0.393 e. The Labute approximate surface area is 118 Å². The first-order valence-corrected chi connectivity index (χ1v) is 6.36. The quantitative estimate of drug-likeness (QED) is 0.568. The second-order valence-corrected chi connectivity index (χ2v) is 4.80. The fourth-order valence-corrected chi connectivity index (χ4v) is 1.69. The number of nitrogens with one attached hydrogen (secondary N) is 2. The third-order valence-corrected chi connectivity index (χ3v) is 2.92. The molecule has 1 aromatic rings. The molecule has 0 saturated carbocycles. The molecule has 1 atom stereocenters. The maximum atomic E-state index is 11.5. The van der Waals surface area contributed by atoms with Crippen molar-refractivity contribution >= 4 is 33.3 Å². The molecule has 8 heteroatoms. The molecule has 0 aliphatic heterocycles. The summed E-state index contributed by atoms with van der Waals surface area (Å²) < 4.78 is 0.345. The molecule has 19 heavy (non-hydrogen) atoms. The van der Waals surface area contributed by atoms with Crippen molar-refractivity contribution in [3.05, 3.63) is 32.8 Å². The van der Waals surface area contributed by atoms with Gasteiger partial charge in [0.2, 0.25) is 0 Å². The van der Waals surface area contributed by atoms with Crippen LogP contribution in [0.1, 0.15) is 13.3 Å². The maximum Gasteiger partial charge on any atom is 0.319 e. The van der Waals surface area contributed by atoms with Gasteiger partial charge in [0.25, 0.3) is 5.69 Å². The van der Waals surface area contributed by atoms with Crippen molar-refractivity contribution in [3.63, 3.8) is 0 Å². The number of nitro groups is 1. The normalized spacial score (nSPS) is 11.7. The third-order valence-electron chi connectivity index (χ3n) is 2.25. The molecule has 2 amide bonds. The summed E-state index contributed by atoms with van der Waals surface area (Å²) in [7, 11) is 0. The summed E-state index contributed by atoms with van der Waals surface area (Å²) in [5.41, 5.74) is 0.200. The predicted octanol–water partition coefficient (Wildman–Crippen LogP) is 2.25. The van der Waals surface area contributed by atoms with E-state index in [-0.39, 0.29) is 5.69 Å². The molecular weight excluding hydrogens is 318 g/mol. The summed E-state index contributed by atoms with van der Waals surface area (Å²) in [5, 5.41) is 24.8. The van der Waals surface area contributed by atoms with Crippen molar-refractivity contribution in [2.24, 2.45) is 0 Å². The van der Waals surface area contributed by atoms with Crippen molar-refractivity contribution < 1.29 is 14.8 Å². The molecular formula is C11H14BrN3O4. The van der Waals surface area contributed by atoms with Crippen LogP contribution in [0.5, 0.6) is 0 Å². The van der Waals surface area contributed by atoms with Gasteiger partial charge in [-0.25, -0.2) is 4.79 Å². The number of anilines is 1. The monoisotopic (exact) mass is 331 g/mol. The smallest absolute Gasteiger partial charge is 0.319 e. The average Bonchev–Trinajstić information content (AvgIpc) is 2.30. The molecule has 0 aliphatic rings. The standard InChI is InChI=1S/C11H14BrN3O4/c1-7(16)4-5-13-11(17)14-8-2-3-9(12)10(6-8)15(18)19/h2-3,6-7,16H,4-5H2,1H3,(H2,13,14,17). The summed E-state index contributed by atoms with van der Waals surface area (Å²) >= 11 is 3.06. The molecule has 0 bridgehead atoms. The number of halogens is 1. The number of carbonyl (C=O) groups excluding carboxylic acids is 1. The highest BCUT2D eigenvalue weighted by Crippen LogP contribution is 2.27.